The number of carbonyl (C=O) groups excluding carboxylic acids is 3. The van der Waals surface area contributed by atoms with Crippen molar-refractivity contribution in [2.24, 2.45) is 14.1 Å². The number of pyridine rings is 3. The first-order valence-electron chi connectivity index (χ1n) is 26.4. The summed E-state index contributed by atoms with van der Waals surface area (Å²) in [5.74, 6) is -2.99. The number of halogens is 6. The van der Waals surface area contributed by atoms with Crippen LogP contribution in [-0.4, -0.2) is 36.2 Å². The molecule has 0 radical (unpaired) electrons. The second kappa shape index (κ2) is 29.0. The Labute approximate surface area is 488 Å². The normalized spacial score (nSPS) is 10.7. The molecule has 0 bridgehead atoms. The van der Waals surface area contributed by atoms with Gasteiger partial charge in [-0.15, -0.1) is 0 Å². The van der Waals surface area contributed by atoms with Crippen molar-refractivity contribution in [3.8, 4) is 17.2 Å². The molecule has 86 heavy (non-hydrogen) atoms. The van der Waals surface area contributed by atoms with Crippen LogP contribution in [0.2, 0.25) is 0 Å². The molecule has 3 N–H and O–H groups in total. The molecule has 0 aliphatic rings. The number of carbonyl (C=O) groups is 3. The predicted molar refractivity (Wildman–Crippen MR) is 308 cm³/mol. The summed E-state index contributed by atoms with van der Waals surface area (Å²) in [7, 11) is 3.11. The Hall–Kier alpha value is -10.7. The van der Waals surface area contributed by atoms with Crippen LogP contribution in [0.5, 0.6) is 17.2 Å². The zero-order valence-electron chi connectivity index (χ0n) is 46.5. The Morgan fingerprint density at radius 1 is 0.442 bits per heavy atom. The monoisotopic (exact) mass is 1180 g/mol. The molecule has 0 unspecified atom stereocenters. The fourth-order valence-electron chi connectivity index (χ4n) is 8.19. The molecule has 0 saturated heterocycles. The highest BCUT2D eigenvalue weighted by Gasteiger charge is 2.16. The Morgan fingerprint density at radius 3 is 1.29 bits per heavy atom. The number of amides is 3. The van der Waals surface area contributed by atoms with Crippen molar-refractivity contribution in [3.63, 3.8) is 0 Å². The summed E-state index contributed by atoms with van der Waals surface area (Å²) in [4.78, 5) is 64.7. The molecule has 0 aliphatic heterocycles. The van der Waals surface area contributed by atoms with Gasteiger partial charge in [-0.1, -0.05) is 54.6 Å². The van der Waals surface area contributed by atoms with Crippen LogP contribution in [0.4, 0.5) is 26.3 Å². The van der Waals surface area contributed by atoms with E-state index in [4.69, 9.17) is 14.2 Å². The number of fused-ring (bicyclic) bond motifs is 1. The maximum Gasteiger partial charge on any atom is 0.263 e. The largest absolute Gasteiger partial charge is 0.489 e. The number of aryl methyl sites for hydroxylation is 3. The molecule has 3 amide bonds. The molecule has 0 saturated carbocycles. The van der Waals surface area contributed by atoms with Gasteiger partial charge < -0.3 is 43.7 Å². The van der Waals surface area contributed by atoms with Crippen molar-refractivity contribution in [2.45, 2.75) is 46.4 Å². The van der Waals surface area contributed by atoms with Gasteiger partial charge >= 0.3 is 0 Å². The molecule has 0 fully saturated rings. The number of ether oxygens (including phenoxy) is 3. The molecular weight excluding hydrogens is 1120 g/mol. The Morgan fingerprint density at radius 2 is 0.849 bits per heavy atom. The van der Waals surface area contributed by atoms with Crippen molar-refractivity contribution < 1.29 is 54.9 Å². The van der Waals surface area contributed by atoms with Crippen LogP contribution in [0.1, 0.15) is 70.1 Å². The lowest BCUT2D eigenvalue weighted by Gasteiger charge is -2.11. The third-order valence-corrected chi connectivity index (χ3v) is 13.1. The third-order valence-electron chi connectivity index (χ3n) is 13.1. The standard InChI is InChI=1S/C23H19F2N3O2.2C21H18F2N2O3/c1-15-12-26-22-11-16(8-9-28(15)22)23(29)27-13-18-10-19(6-7-21(18)25)30-14-17-4-2-3-5-20(17)24;1-25-10-4-6-17(21(25)27)20(26)24-12-15-11-16(8-9-19(15)23)28-13-14-5-2-3-7-18(14)22;1-25-9-8-14(11-20(25)26)21(27)24-12-16-10-17(6-7-19(16)23)28-13-15-4-2-3-5-18(15)22/h2-12H,13-14H2,1H3,(H,27,29);2-11H,12-13H2,1H3,(H,24,26);2-11H,12-13H2,1H3,(H,24,27). The molecule has 0 aliphatic carbocycles. The average molecular weight is 1180 g/mol. The Balaban J connectivity index is 0.000000168. The summed E-state index contributed by atoms with van der Waals surface area (Å²) in [6.45, 7) is 1.70. The number of rotatable bonds is 18. The van der Waals surface area contributed by atoms with Gasteiger partial charge in [-0.05, 0) is 110 Å². The summed E-state index contributed by atoms with van der Waals surface area (Å²) in [5, 5.41) is 7.80. The summed E-state index contributed by atoms with van der Waals surface area (Å²) in [6, 6.07) is 40.2. The molecule has 10 aromatic rings. The molecule has 4 heterocycles. The van der Waals surface area contributed by atoms with Crippen LogP contribution >= 0.6 is 0 Å². The van der Waals surface area contributed by atoms with Gasteiger partial charge in [-0.3, -0.25) is 24.0 Å². The van der Waals surface area contributed by atoms with Crippen LogP contribution in [0, 0.1) is 41.8 Å². The fraction of sp³-hybridized carbons (Fsp3) is 0.138. The number of imidazole rings is 1. The quantitative estimate of drug-likeness (QED) is 0.0706. The van der Waals surface area contributed by atoms with Gasteiger partial charge in [0.2, 0.25) is 0 Å². The molecule has 440 valence electrons. The first-order valence-corrected chi connectivity index (χ1v) is 26.4. The van der Waals surface area contributed by atoms with Crippen molar-refractivity contribution in [3.05, 3.63) is 300 Å². The fourth-order valence-corrected chi connectivity index (χ4v) is 8.19. The number of benzene rings is 6. The van der Waals surface area contributed by atoms with Crippen molar-refractivity contribution in [2.75, 3.05) is 0 Å². The van der Waals surface area contributed by atoms with Crippen LogP contribution < -0.4 is 41.3 Å². The van der Waals surface area contributed by atoms with Gasteiger partial charge in [0.1, 0.15) is 83.2 Å². The minimum atomic E-state index is -0.599. The van der Waals surface area contributed by atoms with E-state index in [9.17, 15) is 50.3 Å². The highest BCUT2D eigenvalue weighted by Crippen LogP contribution is 2.23. The highest BCUT2D eigenvalue weighted by atomic mass is 19.1. The van der Waals surface area contributed by atoms with E-state index in [1.54, 1.807) is 92.2 Å². The first-order chi connectivity index (χ1) is 41.4. The second-order valence-electron chi connectivity index (χ2n) is 19.2. The number of aromatic nitrogens is 4. The lowest BCUT2D eigenvalue weighted by molar-refractivity contribution is 0.0941. The van der Waals surface area contributed by atoms with Crippen molar-refractivity contribution in [1.29, 1.82) is 0 Å². The van der Waals surface area contributed by atoms with Crippen molar-refractivity contribution >= 4 is 23.4 Å². The molecule has 0 atom stereocenters. The maximum absolute atomic E-state index is 14.2. The average Bonchev–Trinajstić information content (AvgIpc) is 4.04. The zero-order chi connectivity index (χ0) is 61.3. The van der Waals surface area contributed by atoms with E-state index < -0.39 is 34.8 Å². The number of nitrogens with one attached hydrogen (secondary N) is 3. The molecule has 4 aromatic heterocycles. The zero-order valence-corrected chi connectivity index (χ0v) is 46.5. The number of nitrogens with zero attached hydrogens (tertiary/aromatic N) is 4. The van der Waals surface area contributed by atoms with E-state index in [0.717, 1.165) is 5.69 Å². The summed E-state index contributed by atoms with van der Waals surface area (Å²) >= 11 is 0. The lowest BCUT2D eigenvalue weighted by Crippen LogP contribution is -2.31. The van der Waals surface area contributed by atoms with Crippen LogP contribution in [-0.2, 0) is 53.6 Å². The molecule has 21 heteroatoms. The third kappa shape index (κ3) is 16.5. The van der Waals surface area contributed by atoms with Crippen LogP contribution in [0.25, 0.3) is 5.65 Å². The van der Waals surface area contributed by atoms with E-state index >= 15 is 0 Å². The van der Waals surface area contributed by atoms with E-state index in [-0.39, 0.29) is 96.2 Å². The molecule has 10 rings (SSSR count). The first kappa shape index (κ1) is 61.4. The van der Waals surface area contributed by atoms with E-state index in [0.29, 0.717) is 45.1 Å². The highest BCUT2D eigenvalue weighted by molar-refractivity contribution is 5.95. The van der Waals surface area contributed by atoms with Crippen molar-refractivity contribution in [1.82, 2.24) is 34.5 Å². The van der Waals surface area contributed by atoms with Gasteiger partial charge in [-0.25, -0.2) is 31.3 Å². The number of hydrogen-bond donors (Lipinski definition) is 3. The van der Waals surface area contributed by atoms with Gasteiger partial charge in [0.15, 0.2) is 0 Å². The van der Waals surface area contributed by atoms with E-state index in [1.807, 2.05) is 11.3 Å². The minimum Gasteiger partial charge on any atom is -0.489 e. The van der Waals surface area contributed by atoms with Gasteiger partial charge in [0, 0.05) is 115 Å². The maximum atomic E-state index is 14.2. The Kier molecular flexibility index (Phi) is 20.7. The lowest BCUT2D eigenvalue weighted by atomic mass is 10.2. The number of hydrogen-bond acceptors (Lipinski definition) is 9. The van der Waals surface area contributed by atoms with Gasteiger partial charge in [0.05, 0.1) is 0 Å². The van der Waals surface area contributed by atoms with E-state index in [1.165, 1.54) is 120 Å². The smallest absolute Gasteiger partial charge is 0.263 e. The molecule has 6 aromatic carbocycles. The van der Waals surface area contributed by atoms with Crippen LogP contribution in [0.3, 0.4) is 0 Å². The molecule has 0 spiro atoms. The molecule has 15 nitrogen and oxygen atoms in total. The van der Waals surface area contributed by atoms with Gasteiger partial charge in [0.25, 0.3) is 28.8 Å². The summed E-state index contributed by atoms with van der Waals surface area (Å²) in [6.07, 6.45) is 6.51. The van der Waals surface area contributed by atoms with E-state index in [2.05, 4.69) is 20.9 Å². The minimum absolute atomic E-state index is 0.00256. The Bertz CT molecular complexity index is 4190. The van der Waals surface area contributed by atoms with Crippen LogP contribution in [0.15, 0.2) is 198 Å². The SMILES string of the molecule is Cc1cnc2cc(C(=O)NCc3cc(OCc4ccccc4F)ccc3F)ccn12.Cn1ccc(C(=O)NCc2cc(OCc3ccccc3F)ccc2F)cc1=O.Cn1cccc(C(=O)NCc2cc(OCc3ccccc3F)ccc2F)c1=O. The predicted octanol–water partition coefficient (Wildman–Crippen LogP) is 10.8. The second-order valence-corrected chi connectivity index (χ2v) is 19.2. The summed E-state index contributed by atoms with van der Waals surface area (Å²) < 4.78 is 104. The van der Waals surface area contributed by atoms with Gasteiger partial charge in [-0.2, -0.15) is 0 Å². The molecular formula is C65H55F6N7O8. The topological polar surface area (TPSA) is 176 Å². The summed E-state index contributed by atoms with van der Waals surface area (Å²) in [5.41, 5.74) is 3.29.